The summed E-state index contributed by atoms with van der Waals surface area (Å²) in [6, 6.07) is 15.7. The van der Waals surface area contributed by atoms with Gasteiger partial charge in [-0.1, -0.05) is 42.1 Å². The third-order valence-electron chi connectivity index (χ3n) is 5.01. The minimum absolute atomic E-state index is 0.0668. The van der Waals surface area contributed by atoms with Crippen LogP contribution in [-0.4, -0.2) is 38.9 Å². The number of ketones is 1. The van der Waals surface area contributed by atoms with E-state index in [1.54, 1.807) is 7.05 Å². The van der Waals surface area contributed by atoms with Crippen molar-refractivity contribution in [3.8, 4) is 6.07 Å². The van der Waals surface area contributed by atoms with E-state index in [0.29, 0.717) is 5.03 Å². The lowest BCUT2D eigenvalue weighted by molar-refractivity contribution is -0.862. The summed E-state index contributed by atoms with van der Waals surface area (Å²) in [4.78, 5) is 28.9. The van der Waals surface area contributed by atoms with E-state index >= 15 is 0 Å². The van der Waals surface area contributed by atoms with Crippen LogP contribution in [0.1, 0.15) is 11.1 Å². The number of nitrogens with zero attached hydrogens (tertiary/aromatic N) is 2. The number of quaternary nitrogens is 1. The minimum atomic E-state index is -0.267. The fourth-order valence-corrected chi connectivity index (χ4v) is 4.61. The molecule has 1 heterocycles. The van der Waals surface area contributed by atoms with Crippen LogP contribution < -0.4 is 15.1 Å². The Labute approximate surface area is 181 Å². The van der Waals surface area contributed by atoms with Crippen molar-refractivity contribution < 1.29 is 14.5 Å². The second kappa shape index (κ2) is 9.16. The standard InChI is InChI=1S/C23H24N4O2S/c1-15-8-7-9-16(2)22(15)25-21(29)14-26(3)13-19(28)17(12-24)23-27(4)18-10-5-6-11-20(18)30-23/h5-11H,13-14H2,1-4H3,(H,25,29)/p+1/b23-17-. The molecule has 1 amide bonds. The largest absolute Gasteiger partial charge is 0.337 e. The molecular weight excluding hydrogens is 396 g/mol. The number of hydrogen-bond acceptors (Lipinski definition) is 5. The molecule has 3 rings (SSSR count). The number of hydrogen-bond donors (Lipinski definition) is 2. The summed E-state index contributed by atoms with van der Waals surface area (Å²) in [5, 5.41) is 13.2. The van der Waals surface area contributed by atoms with Gasteiger partial charge in [-0.05, 0) is 37.1 Å². The van der Waals surface area contributed by atoms with E-state index < -0.39 is 0 Å². The lowest BCUT2D eigenvalue weighted by atomic mass is 10.1. The molecule has 0 saturated heterocycles. The average molecular weight is 422 g/mol. The predicted molar refractivity (Wildman–Crippen MR) is 120 cm³/mol. The molecule has 0 saturated carbocycles. The highest BCUT2D eigenvalue weighted by Gasteiger charge is 2.29. The Bertz CT molecular complexity index is 1050. The summed E-state index contributed by atoms with van der Waals surface area (Å²) in [5.41, 5.74) is 3.91. The molecule has 6 nitrogen and oxygen atoms in total. The molecule has 0 fully saturated rings. The highest BCUT2D eigenvalue weighted by molar-refractivity contribution is 8.03. The quantitative estimate of drug-likeness (QED) is 0.553. The monoisotopic (exact) mass is 421 g/mol. The molecular formula is C23H25N4O2S+. The summed E-state index contributed by atoms with van der Waals surface area (Å²) >= 11 is 1.42. The molecule has 7 heteroatoms. The van der Waals surface area contributed by atoms with E-state index in [-0.39, 0.29) is 30.4 Å². The normalized spacial score (nSPS) is 15.2. The number of para-hydroxylation sites is 2. The van der Waals surface area contributed by atoms with Gasteiger partial charge in [0.25, 0.3) is 5.91 Å². The van der Waals surface area contributed by atoms with Gasteiger partial charge in [-0.25, -0.2) is 0 Å². The topological polar surface area (TPSA) is 77.6 Å². The van der Waals surface area contributed by atoms with Gasteiger partial charge in [0.2, 0.25) is 5.78 Å². The van der Waals surface area contributed by atoms with Crippen molar-refractivity contribution in [2.24, 2.45) is 0 Å². The Hall–Kier alpha value is -3.08. The van der Waals surface area contributed by atoms with Gasteiger partial charge < -0.3 is 15.1 Å². The number of thioether (sulfide) groups is 1. The Morgan fingerprint density at radius 2 is 1.77 bits per heavy atom. The predicted octanol–water partition coefficient (Wildman–Crippen LogP) is 2.30. The SMILES string of the molecule is Cc1cccc(C)c1NC(=O)C[NH+](C)CC(=O)/C(C#N)=C1\Sc2ccccc2N1C. The van der Waals surface area contributed by atoms with Gasteiger partial charge in [-0.3, -0.25) is 9.59 Å². The molecule has 0 aliphatic carbocycles. The van der Waals surface area contributed by atoms with E-state index in [4.69, 9.17) is 0 Å². The first-order chi connectivity index (χ1) is 14.3. The summed E-state index contributed by atoms with van der Waals surface area (Å²) in [6.45, 7) is 4.10. The van der Waals surface area contributed by atoms with Crippen LogP contribution in [0, 0.1) is 25.2 Å². The molecule has 1 aliphatic rings. The van der Waals surface area contributed by atoms with Crippen molar-refractivity contribution in [3.63, 3.8) is 0 Å². The first-order valence-corrected chi connectivity index (χ1v) is 10.5. The van der Waals surface area contributed by atoms with Crippen LogP contribution in [0.15, 0.2) is 58.0 Å². The Morgan fingerprint density at radius 1 is 1.10 bits per heavy atom. The number of likely N-dealkylation sites (N-methyl/N-ethyl adjacent to an activating group) is 1. The molecule has 2 aromatic carbocycles. The van der Waals surface area contributed by atoms with Crippen molar-refractivity contribution in [1.29, 1.82) is 5.26 Å². The zero-order valence-electron chi connectivity index (χ0n) is 17.6. The second-order valence-corrected chi connectivity index (χ2v) is 8.50. The maximum absolute atomic E-state index is 12.8. The van der Waals surface area contributed by atoms with Crippen LogP contribution in [0.3, 0.4) is 0 Å². The number of amides is 1. The Balaban J connectivity index is 1.66. The highest BCUT2D eigenvalue weighted by Crippen LogP contribution is 2.45. The summed E-state index contributed by atoms with van der Waals surface area (Å²) < 4.78 is 0. The molecule has 1 atom stereocenters. The second-order valence-electron chi connectivity index (χ2n) is 7.47. The van der Waals surface area contributed by atoms with Gasteiger partial charge in [0, 0.05) is 17.6 Å². The van der Waals surface area contributed by atoms with Crippen molar-refractivity contribution in [3.05, 3.63) is 64.2 Å². The third kappa shape index (κ3) is 4.56. The van der Waals surface area contributed by atoms with Crippen LogP contribution in [0.2, 0.25) is 0 Å². The molecule has 2 aromatic rings. The van der Waals surface area contributed by atoms with Crippen LogP contribution in [0.5, 0.6) is 0 Å². The van der Waals surface area contributed by atoms with Crippen LogP contribution >= 0.6 is 11.8 Å². The van der Waals surface area contributed by atoms with Gasteiger partial charge in [-0.2, -0.15) is 5.26 Å². The number of aryl methyl sites for hydroxylation is 2. The van der Waals surface area contributed by atoms with E-state index in [2.05, 4.69) is 11.4 Å². The lowest BCUT2D eigenvalue weighted by Gasteiger charge is -2.17. The first-order valence-electron chi connectivity index (χ1n) is 9.67. The molecule has 1 aliphatic heterocycles. The smallest absolute Gasteiger partial charge is 0.279 e. The van der Waals surface area contributed by atoms with E-state index in [9.17, 15) is 14.9 Å². The fourth-order valence-electron chi connectivity index (χ4n) is 3.45. The molecule has 0 aromatic heterocycles. The number of carbonyl (C=O) groups is 2. The number of carbonyl (C=O) groups excluding carboxylic acids is 2. The Kier molecular flexibility index (Phi) is 6.60. The minimum Gasteiger partial charge on any atom is -0.337 e. The number of anilines is 2. The molecule has 1 unspecified atom stereocenters. The van der Waals surface area contributed by atoms with E-state index in [0.717, 1.165) is 32.3 Å². The molecule has 2 N–H and O–H groups in total. The van der Waals surface area contributed by atoms with Crippen LogP contribution in [0.4, 0.5) is 11.4 Å². The molecule has 0 spiro atoms. The number of Topliss-reactive ketones (excluding diaryl/α,β-unsaturated/α-hetero) is 1. The van der Waals surface area contributed by atoms with Gasteiger partial charge in [-0.15, -0.1) is 0 Å². The van der Waals surface area contributed by atoms with Gasteiger partial charge >= 0.3 is 0 Å². The summed E-state index contributed by atoms with van der Waals surface area (Å²) in [7, 11) is 3.63. The number of rotatable bonds is 6. The zero-order chi connectivity index (χ0) is 21.8. The molecule has 0 bridgehead atoms. The molecule has 154 valence electrons. The van der Waals surface area contributed by atoms with Gasteiger partial charge in [0.05, 0.1) is 12.7 Å². The van der Waals surface area contributed by atoms with Crippen molar-refractivity contribution in [1.82, 2.24) is 0 Å². The first kappa shape index (κ1) is 21.6. The number of fused-ring (bicyclic) bond motifs is 1. The third-order valence-corrected chi connectivity index (χ3v) is 6.25. The average Bonchev–Trinajstić information content (AvgIpc) is 3.02. The van der Waals surface area contributed by atoms with E-state index in [1.165, 1.54) is 11.8 Å². The lowest BCUT2D eigenvalue weighted by Crippen LogP contribution is -3.11. The van der Waals surface area contributed by atoms with E-state index in [1.807, 2.05) is 68.3 Å². The number of nitrogens with one attached hydrogen (secondary N) is 2. The summed E-state index contributed by atoms with van der Waals surface area (Å²) in [5.74, 6) is -0.430. The molecule has 0 radical (unpaired) electrons. The van der Waals surface area contributed by atoms with Crippen molar-refractivity contribution in [2.75, 3.05) is 37.4 Å². The van der Waals surface area contributed by atoms with Crippen LogP contribution in [0.25, 0.3) is 0 Å². The molecule has 30 heavy (non-hydrogen) atoms. The zero-order valence-corrected chi connectivity index (χ0v) is 18.4. The number of benzene rings is 2. The van der Waals surface area contributed by atoms with Gasteiger partial charge in [0.1, 0.15) is 23.2 Å². The van der Waals surface area contributed by atoms with Crippen molar-refractivity contribution in [2.45, 2.75) is 18.7 Å². The highest BCUT2D eigenvalue weighted by atomic mass is 32.2. The maximum atomic E-state index is 12.8. The van der Waals surface area contributed by atoms with Gasteiger partial charge in [0.15, 0.2) is 6.54 Å². The van der Waals surface area contributed by atoms with Crippen LogP contribution in [-0.2, 0) is 9.59 Å². The number of nitriles is 1. The van der Waals surface area contributed by atoms with Crippen molar-refractivity contribution >= 4 is 34.8 Å². The maximum Gasteiger partial charge on any atom is 0.279 e. The summed E-state index contributed by atoms with van der Waals surface area (Å²) in [6.07, 6.45) is 0. The Morgan fingerprint density at radius 3 is 2.40 bits per heavy atom. The fraction of sp³-hybridized carbons (Fsp3) is 0.261.